The Kier molecular flexibility index (Phi) is 1.67. The van der Waals surface area contributed by atoms with Gasteiger partial charge in [-0.2, -0.15) is 0 Å². The first-order valence-corrected chi connectivity index (χ1v) is 6.25. The Morgan fingerprint density at radius 2 is 1.94 bits per heavy atom. The third kappa shape index (κ3) is 1.27. The molecular formula is C12H12ClN3. The predicted molar refractivity (Wildman–Crippen MR) is 62.8 cm³/mol. The molecule has 0 aliphatic heterocycles. The average molecular weight is 234 g/mol. The Hall–Kier alpha value is -1.09. The maximum Gasteiger partial charge on any atom is 0.161 e. The summed E-state index contributed by atoms with van der Waals surface area (Å²) < 4.78 is 2.33. The van der Waals surface area contributed by atoms with E-state index in [2.05, 4.69) is 9.55 Å². The lowest BCUT2D eigenvalue weighted by molar-refractivity contribution is 0.697. The maximum atomic E-state index is 5.97. The molecule has 0 aromatic carbocycles. The Labute approximate surface area is 98.5 Å². The summed E-state index contributed by atoms with van der Waals surface area (Å²) in [6.07, 6.45) is 5.09. The van der Waals surface area contributed by atoms with Crippen LogP contribution in [-0.4, -0.2) is 14.5 Å². The summed E-state index contributed by atoms with van der Waals surface area (Å²) in [5.74, 6) is 1.92. The molecule has 2 fully saturated rings. The van der Waals surface area contributed by atoms with Crippen LogP contribution in [0.25, 0.3) is 11.2 Å². The van der Waals surface area contributed by atoms with Crippen LogP contribution in [-0.2, 0) is 0 Å². The summed E-state index contributed by atoms with van der Waals surface area (Å²) in [6.45, 7) is 0. The SMILES string of the molecule is Clc1ccc2nc(C3CC3)n(C3CC3)c2n1. The van der Waals surface area contributed by atoms with Crippen LogP contribution in [0.3, 0.4) is 0 Å². The van der Waals surface area contributed by atoms with Crippen LogP contribution in [0.2, 0.25) is 5.15 Å². The lowest BCUT2D eigenvalue weighted by atomic mass is 10.4. The minimum absolute atomic E-state index is 0.566. The van der Waals surface area contributed by atoms with E-state index in [1.165, 1.54) is 31.5 Å². The van der Waals surface area contributed by atoms with E-state index in [1.807, 2.05) is 12.1 Å². The number of imidazole rings is 1. The highest BCUT2D eigenvalue weighted by Gasteiger charge is 2.35. The zero-order valence-corrected chi connectivity index (χ0v) is 9.61. The van der Waals surface area contributed by atoms with Gasteiger partial charge < -0.3 is 4.57 Å². The second-order valence-corrected chi connectivity index (χ2v) is 5.21. The average Bonchev–Trinajstić information content (AvgIpc) is 3.14. The number of pyridine rings is 1. The predicted octanol–water partition coefficient (Wildman–Crippen LogP) is 3.30. The van der Waals surface area contributed by atoms with Crippen molar-refractivity contribution < 1.29 is 0 Å². The minimum atomic E-state index is 0.566. The lowest BCUT2D eigenvalue weighted by Gasteiger charge is -2.05. The summed E-state index contributed by atoms with van der Waals surface area (Å²) in [5.41, 5.74) is 1.98. The van der Waals surface area contributed by atoms with E-state index < -0.39 is 0 Å². The molecule has 16 heavy (non-hydrogen) atoms. The molecule has 0 radical (unpaired) electrons. The van der Waals surface area contributed by atoms with Gasteiger partial charge in [0.1, 0.15) is 16.5 Å². The van der Waals surface area contributed by atoms with Crippen LogP contribution in [0.1, 0.15) is 43.5 Å². The molecule has 4 rings (SSSR count). The Bertz CT molecular complexity index is 567. The molecular weight excluding hydrogens is 222 g/mol. The van der Waals surface area contributed by atoms with Gasteiger partial charge in [0, 0.05) is 12.0 Å². The zero-order chi connectivity index (χ0) is 10.7. The van der Waals surface area contributed by atoms with Crippen molar-refractivity contribution in [2.75, 3.05) is 0 Å². The largest absolute Gasteiger partial charge is 0.309 e. The zero-order valence-electron chi connectivity index (χ0n) is 8.86. The molecule has 82 valence electrons. The van der Waals surface area contributed by atoms with E-state index in [-0.39, 0.29) is 0 Å². The molecule has 0 N–H and O–H groups in total. The van der Waals surface area contributed by atoms with Crippen LogP contribution < -0.4 is 0 Å². The normalized spacial score (nSPS) is 20.6. The summed E-state index contributed by atoms with van der Waals surface area (Å²) in [4.78, 5) is 9.15. The number of hydrogen-bond acceptors (Lipinski definition) is 2. The van der Waals surface area contributed by atoms with Gasteiger partial charge in [-0.15, -0.1) is 0 Å². The number of rotatable bonds is 2. The molecule has 2 aromatic heterocycles. The topological polar surface area (TPSA) is 30.7 Å². The molecule has 0 unspecified atom stereocenters. The van der Waals surface area contributed by atoms with Gasteiger partial charge in [-0.1, -0.05) is 11.6 Å². The molecule has 0 bridgehead atoms. The summed E-state index contributed by atoms with van der Waals surface area (Å²) in [7, 11) is 0. The lowest BCUT2D eigenvalue weighted by Crippen LogP contribution is -2.00. The Balaban J connectivity index is 2.01. The van der Waals surface area contributed by atoms with Crippen molar-refractivity contribution in [3.63, 3.8) is 0 Å². The van der Waals surface area contributed by atoms with Gasteiger partial charge in [0.2, 0.25) is 0 Å². The molecule has 2 aromatic rings. The van der Waals surface area contributed by atoms with Crippen molar-refractivity contribution in [1.82, 2.24) is 14.5 Å². The molecule has 2 saturated carbocycles. The molecule has 0 spiro atoms. The van der Waals surface area contributed by atoms with Crippen molar-refractivity contribution in [3.8, 4) is 0 Å². The Morgan fingerprint density at radius 1 is 1.12 bits per heavy atom. The second-order valence-electron chi connectivity index (χ2n) is 4.82. The van der Waals surface area contributed by atoms with Gasteiger partial charge in [0.25, 0.3) is 0 Å². The van der Waals surface area contributed by atoms with E-state index >= 15 is 0 Å². The fourth-order valence-electron chi connectivity index (χ4n) is 2.29. The second kappa shape index (κ2) is 2.98. The first-order chi connectivity index (χ1) is 7.83. The fourth-order valence-corrected chi connectivity index (χ4v) is 2.43. The number of nitrogens with zero attached hydrogens (tertiary/aromatic N) is 3. The number of aromatic nitrogens is 3. The molecule has 4 heteroatoms. The van der Waals surface area contributed by atoms with Crippen LogP contribution >= 0.6 is 11.6 Å². The van der Waals surface area contributed by atoms with Crippen molar-refractivity contribution in [2.45, 2.75) is 37.6 Å². The van der Waals surface area contributed by atoms with Gasteiger partial charge >= 0.3 is 0 Å². The van der Waals surface area contributed by atoms with Crippen molar-refractivity contribution in [3.05, 3.63) is 23.1 Å². The van der Waals surface area contributed by atoms with Crippen LogP contribution in [0.5, 0.6) is 0 Å². The van der Waals surface area contributed by atoms with E-state index in [0.717, 1.165) is 11.2 Å². The van der Waals surface area contributed by atoms with Gasteiger partial charge in [0.05, 0.1) is 0 Å². The first-order valence-electron chi connectivity index (χ1n) is 5.87. The van der Waals surface area contributed by atoms with Crippen molar-refractivity contribution >= 4 is 22.8 Å². The minimum Gasteiger partial charge on any atom is -0.309 e. The van der Waals surface area contributed by atoms with Crippen molar-refractivity contribution in [2.24, 2.45) is 0 Å². The first kappa shape index (κ1) is 8.99. The van der Waals surface area contributed by atoms with Gasteiger partial charge in [-0.3, -0.25) is 0 Å². The van der Waals surface area contributed by atoms with Crippen molar-refractivity contribution in [1.29, 1.82) is 0 Å². The number of fused-ring (bicyclic) bond motifs is 1. The molecule has 0 amide bonds. The molecule has 0 saturated heterocycles. The molecule has 2 aliphatic rings. The highest BCUT2D eigenvalue weighted by atomic mass is 35.5. The molecule has 3 nitrogen and oxygen atoms in total. The Morgan fingerprint density at radius 3 is 2.62 bits per heavy atom. The van der Waals surface area contributed by atoms with E-state index in [9.17, 15) is 0 Å². The number of halogens is 1. The van der Waals surface area contributed by atoms with E-state index in [0.29, 0.717) is 17.1 Å². The van der Waals surface area contributed by atoms with Gasteiger partial charge in [0.15, 0.2) is 5.65 Å². The third-order valence-electron chi connectivity index (χ3n) is 3.39. The maximum absolute atomic E-state index is 5.97. The highest BCUT2D eigenvalue weighted by molar-refractivity contribution is 6.29. The standard InChI is InChI=1S/C12H12ClN3/c13-10-6-5-9-12(15-10)16(8-3-4-8)11(14-9)7-1-2-7/h5-8H,1-4H2. The number of hydrogen-bond donors (Lipinski definition) is 0. The molecule has 2 heterocycles. The van der Waals surface area contributed by atoms with Crippen LogP contribution in [0.15, 0.2) is 12.1 Å². The fraction of sp³-hybridized carbons (Fsp3) is 0.500. The van der Waals surface area contributed by atoms with Gasteiger partial charge in [-0.05, 0) is 37.8 Å². The highest BCUT2D eigenvalue weighted by Crippen LogP contribution is 2.46. The van der Waals surface area contributed by atoms with Gasteiger partial charge in [-0.25, -0.2) is 9.97 Å². The van der Waals surface area contributed by atoms with E-state index in [4.69, 9.17) is 16.6 Å². The summed E-state index contributed by atoms with van der Waals surface area (Å²) in [5, 5.41) is 0.566. The quantitative estimate of drug-likeness (QED) is 0.746. The smallest absolute Gasteiger partial charge is 0.161 e. The summed E-state index contributed by atoms with van der Waals surface area (Å²) >= 11 is 5.97. The van der Waals surface area contributed by atoms with E-state index in [1.54, 1.807) is 0 Å². The summed E-state index contributed by atoms with van der Waals surface area (Å²) in [6, 6.07) is 4.44. The van der Waals surface area contributed by atoms with Crippen LogP contribution in [0.4, 0.5) is 0 Å². The monoisotopic (exact) mass is 233 g/mol. The van der Waals surface area contributed by atoms with Crippen LogP contribution in [0, 0.1) is 0 Å². The molecule has 2 aliphatic carbocycles. The molecule has 0 atom stereocenters. The third-order valence-corrected chi connectivity index (χ3v) is 3.60.